The Hall–Kier alpha value is -1.36. The molecule has 0 aliphatic rings. The normalized spacial score (nSPS) is 11.8. The van der Waals surface area contributed by atoms with Gasteiger partial charge in [-0.25, -0.2) is 0 Å². The Morgan fingerprint density at radius 2 is 1.81 bits per heavy atom. The first-order valence-electron chi connectivity index (χ1n) is 7.33. The molecule has 21 heavy (non-hydrogen) atoms. The number of aliphatic hydroxyl groups is 1. The summed E-state index contributed by atoms with van der Waals surface area (Å²) in [6.45, 7) is 7.90. The molecule has 2 aromatic rings. The highest BCUT2D eigenvalue weighted by atomic mass is 28.3. The molecule has 0 unspecified atom stereocenters. The van der Waals surface area contributed by atoms with Gasteiger partial charge in [-0.05, 0) is 11.4 Å². The van der Waals surface area contributed by atoms with Crippen molar-refractivity contribution in [2.24, 2.45) is 0 Å². The molecule has 1 N–H and O–H groups in total. The van der Waals surface area contributed by atoms with Gasteiger partial charge in [0, 0.05) is 25.6 Å². The van der Waals surface area contributed by atoms with E-state index in [2.05, 4.69) is 19.6 Å². The van der Waals surface area contributed by atoms with Crippen LogP contribution in [0.5, 0.6) is 5.75 Å². The molecule has 2 aromatic carbocycles. The fraction of sp³-hybridized carbons (Fsp3) is 0.412. The van der Waals surface area contributed by atoms with Gasteiger partial charge in [0.25, 0.3) is 0 Å². The minimum atomic E-state index is -1.07. The van der Waals surface area contributed by atoms with E-state index < -0.39 is 8.07 Å². The summed E-state index contributed by atoms with van der Waals surface area (Å²) in [5.74, 6) is 0.726. The molecule has 0 heterocycles. The molecule has 114 valence electrons. The zero-order valence-corrected chi connectivity index (χ0v) is 14.1. The lowest BCUT2D eigenvalue weighted by Gasteiger charge is -2.17. The largest absolute Gasteiger partial charge is 0.467 e. The van der Waals surface area contributed by atoms with Gasteiger partial charge in [0.05, 0.1) is 6.61 Å². The van der Waals surface area contributed by atoms with Crippen molar-refractivity contribution in [3.8, 4) is 5.75 Å². The highest BCUT2D eigenvalue weighted by molar-refractivity contribution is 6.76. The van der Waals surface area contributed by atoms with Crippen molar-refractivity contribution in [3.63, 3.8) is 0 Å². The maximum atomic E-state index is 9.47. The van der Waals surface area contributed by atoms with Crippen LogP contribution in [0.4, 0.5) is 0 Å². The second-order valence-corrected chi connectivity index (χ2v) is 12.0. The number of fused-ring (bicyclic) bond motifs is 1. The predicted molar refractivity (Wildman–Crippen MR) is 89.5 cm³/mol. The molecule has 2 rings (SSSR count). The molecule has 0 saturated heterocycles. The highest BCUT2D eigenvalue weighted by Gasteiger charge is 2.12. The second kappa shape index (κ2) is 7.07. The summed E-state index contributed by atoms with van der Waals surface area (Å²) in [5.41, 5.74) is 0.794. The standard InChI is InChI=1S/C17H24O3Si/c1-21(2,3)11-10-19-13-20-17-15(12-18)9-8-14-6-4-5-7-16(14)17/h4-9,18H,10-13H2,1-3H3. The molecule has 0 saturated carbocycles. The molecule has 0 radical (unpaired) electrons. The van der Waals surface area contributed by atoms with Gasteiger partial charge in [-0.2, -0.15) is 0 Å². The number of aliphatic hydroxyl groups excluding tert-OH is 1. The Kier molecular flexibility index (Phi) is 5.39. The number of benzene rings is 2. The van der Waals surface area contributed by atoms with E-state index in [0.717, 1.165) is 34.7 Å². The Balaban J connectivity index is 2.03. The predicted octanol–water partition coefficient (Wildman–Crippen LogP) is 4.02. The van der Waals surface area contributed by atoms with Crippen LogP contribution in [0.1, 0.15) is 5.56 Å². The van der Waals surface area contributed by atoms with Gasteiger partial charge in [-0.1, -0.05) is 56.0 Å². The van der Waals surface area contributed by atoms with Gasteiger partial charge in [0.2, 0.25) is 0 Å². The van der Waals surface area contributed by atoms with Crippen molar-refractivity contribution in [1.29, 1.82) is 0 Å². The molecule has 0 fully saturated rings. The van der Waals surface area contributed by atoms with E-state index in [1.54, 1.807) is 0 Å². The summed E-state index contributed by atoms with van der Waals surface area (Å²) in [6, 6.07) is 13.0. The van der Waals surface area contributed by atoms with Crippen LogP contribution in [-0.2, 0) is 11.3 Å². The van der Waals surface area contributed by atoms with E-state index in [-0.39, 0.29) is 13.4 Å². The zero-order chi connectivity index (χ0) is 15.3. The molecule has 4 heteroatoms. The smallest absolute Gasteiger partial charge is 0.189 e. The quantitative estimate of drug-likeness (QED) is 0.477. The zero-order valence-electron chi connectivity index (χ0n) is 13.1. The minimum absolute atomic E-state index is 0.0327. The van der Waals surface area contributed by atoms with Crippen molar-refractivity contribution in [2.75, 3.05) is 13.4 Å². The first-order chi connectivity index (χ1) is 10.0. The van der Waals surface area contributed by atoms with Crippen molar-refractivity contribution in [1.82, 2.24) is 0 Å². The van der Waals surface area contributed by atoms with Crippen LogP contribution in [0.3, 0.4) is 0 Å². The third kappa shape index (κ3) is 4.56. The first kappa shape index (κ1) is 16.0. The molecular formula is C17H24O3Si. The average Bonchev–Trinajstić information content (AvgIpc) is 2.45. The van der Waals surface area contributed by atoms with Crippen LogP contribution in [0.2, 0.25) is 25.7 Å². The van der Waals surface area contributed by atoms with Crippen molar-refractivity contribution < 1.29 is 14.6 Å². The highest BCUT2D eigenvalue weighted by Crippen LogP contribution is 2.30. The second-order valence-electron chi connectivity index (χ2n) is 6.41. The van der Waals surface area contributed by atoms with Crippen LogP contribution >= 0.6 is 0 Å². The average molecular weight is 304 g/mol. The third-order valence-electron chi connectivity index (χ3n) is 3.41. The topological polar surface area (TPSA) is 38.7 Å². The van der Waals surface area contributed by atoms with Gasteiger partial charge >= 0.3 is 0 Å². The van der Waals surface area contributed by atoms with E-state index in [1.807, 2.05) is 36.4 Å². The summed E-state index contributed by atoms with van der Waals surface area (Å²) < 4.78 is 11.4. The lowest BCUT2D eigenvalue weighted by atomic mass is 10.1. The number of rotatable bonds is 7. The van der Waals surface area contributed by atoms with E-state index in [4.69, 9.17) is 9.47 Å². The fourth-order valence-electron chi connectivity index (χ4n) is 2.12. The van der Waals surface area contributed by atoms with Crippen LogP contribution in [0.15, 0.2) is 36.4 Å². The third-order valence-corrected chi connectivity index (χ3v) is 5.12. The van der Waals surface area contributed by atoms with E-state index in [0.29, 0.717) is 0 Å². The summed E-state index contributed by atoms with van der Waals surface area (Å²) >= 11 is 0. The SMILES string of the molecule is C[Si](C)(C)CCOCOc1c(CO)ccc2ccccc12. The fourth-order valence-corrected chi connectivity index (χ4v) is 2.88. The Morgan fingerprint density at radius 1 is 1.05 bits per heavy atom. The molecule has 0 aliphatic carbocycles. The van der Waals surface area contributed by atoms with E-state index in [1.165, 1.54) is 0 Å². The lowest BCUT2D eigenvalue weighted by Crippen LogP contribution is -2.22. The molecular weight excluding hydrogens is 280 g/mol. The van der Waals surface area contributed by atoms with E-state index >= 15 is 0 Å². The maximum absolute atomic E-state index is 9.47. The molecule has 0 amide bonds. The Labute approximate surface area is 127 Å². The van der Waals surface area contributed by atoms with Gasteiger partial charge in [-0.3, -0.25) is 0 Å². The van der Waals surface area contributed by atoms with Crippen molar-refractivity contribution in [2.45, 2.75) is 32.3 Å². The number of ether oxygens (including phenoxy) is 2. The van der Waals surface area contributed by atoms with Gasteiger partial charge < -0.3 is 14.6 Å². The number of hydrogen-bond donors (Lipinski definition) is 1. The number of hydrogen-bond acceptors (Lipinski definition) is 3. The molecule has 0 bridgehead atoms. The summed E-state index contributed by atoms with van der Waals surface area (Å²) in [7, 11) is -1.07. The summed E-state index contributed by atoms with van der Waals surface area (Å²) in [4.78, 5) is 0. The van der Waals surface area contributed by atoms with Gasteiger partial charge in [0.1, 0.15) is 5.75 Å². The molecule has 0 spiro atoms. The molecule has 3 nitrogen and oxygen atoms in total. The van der Waals surface area contributed by atoms with Gasteiger partial charge in [-0.15, -0.1) is 0 Å². The van der Waals surface area contributed by atoms with Crippen molar-refractivity contribution >= 4 is 18.8 Å². The van der Waals surface area contributed by atoms with Crippen molar-refractivity contribution in [3.05, 3.63) is 42.0 Å². The van der Waals surface area contributed by atoms with E-state index in [9.17, 15) is 5.11 Å². The molecule has 0 atom stereocenters. The maximum Gasteiger partial charge on any atom is 0.189 e. The Bertz CT molecular complexity index is 590. The van der Waals surface area contributed by atoms with Gasteiger partial charge in [0.15, 0.2) is 6.79 Å². The Morgan fingerprint density at radius 3 is 2.52 bits per heavy atom. The molecule has 0 aliphatic heterocycles. The monoisotopic (exact) mass is 304 g/mol. The van der Waals surface area contributed by atoms with Crippen LogP contribution in [0, 0.1) is 0 Å². The first-order valence-corrected chi connectivity index (χ1v) is 11.0. The minimum Gasteiger partial charge on any atom is -0.467 e. The van der Waals surface area contributed by atoms with Crippen LogP contribution < -0.4 is 4.74 Å². The lowest BCUT2D eigenvalue weighted by molar-refractivity contribution is 0.0218. The van der Waals surface area contributed by atoms with Crippen LogP contribution in [0.25, 0.3) is 10.8 Å². The summed E-state index contributed by atoms with van der Waals surface area (Å²) in [6.07, 6.45) is 0. The van der Waals surface area contributed by atoms with Crippen LogP contribution in [-0.4, -0.2) is 26.6 Å². The summed E-state index contributed by atoms with van der Waals surface area (Å²) in [5, 5.41) is 11.6. The molecule has 0 aromatic heterocycles.